The third kappa shape index (κ3) is 3.05. The van der Waals surface area contributed by atoms with Crippen LogP contribution in [0.3, 0.4) is 0 Å². The second kappa shape index (κ2) is 6.18. The summed E-state index contributed by atoms with van der Waals surface area (Å²) >= 11 is 0. The molecule has 2 heterocycles. The predicted molar refractivity (Wildman–Crippen MR) is 84.1 cm³/mol. The lowest BCUT2D eigenvalue weighted by Crippen LogP contribution is -2.47. The van der Waals surface area contributed by atoms with E-state index in [1.54, 1.807) is 6.20 Å². The molecule has 0 bridgehead atoms. The minimum atomic E-state index is -1.46. The van der Waals surface area contributed by atoms with Crippen molar-refractivity contribution in [3.63, 3.8) is 0 Å². The molecule has 1 unspecified atom stereocenters. The average molecular weight is 303 g/mol. The van der Waals surface area contributed by atoms with Crippen LogP contribution in [0.15, 0.2) is 36.5 Å². The summed E-state index contributed by atoms with van der Waals surface area (Å²) in [6, 6.07) is 10.2. The number of hydrogen-bond acceptors (Lipinski definition) is 3. The Balaban J connectivity index is 1.83. The highest BCUT2D eigenvalue weighted by Crippen LogP contribution is 2.28. The summed E-state index contributed by atoms with van der Waals surface area (Å²) in [5, 5.41) is 13.5. The molecule has 3 rings (SSSR count). The number of aryl methyl sites for hydroxylation is 1. The molecule has 0 saturated carbocycles. The normalized spacial score (nSPS) is 22.9. The lowest BCUT2D eigenvalue weighted by atomic mass is 9.94. The summed E-state index contributed by atoms with van der Waals surface area (Å²) in [6.45, 7) is 1.45. The SMILES string of the molecule is Cn1nccc1-c1ccccc1CN1CCCC(F)(CO)C1. The Labute approximate surface area is 130 Å². The first-order valence-corrected chi connectivity index (χ1v) is 7.70. The number of nitrogens with zero attached hydrogens (tertiary/aromatic N) is 3. The van der Waals surface area contributed by atoms with Crippen molar-refractivity contribution in [2.75, 3.05) is 19.7 Å². The highest BCUT2D eigenvalue weighted by atomic mass is 19.1. The van der Waals surface area contributed by atoms with Crippen LogP contribution in [0.5, 0.6) is 0 Å². The molecule has 1 atom stereocenters. The molecule has 0 amide bonds. The standard InChI is InChI=1S/C17H22FN3O/c1-20-16(7-9-19-20)15-6-3-2-5-14(15)11-21-10-4-8-17(18,12-21)13-22/h2-3,5-7,9,22H,4,8,10-13H2,1H3. The van der Waals surface area contributed by atoms with Crippen LogP contribution in [0.2, 0.25) is 0 Å². The van der Waals surface area contributed by atoms with Gasteiger partial charge >= 0.3 is 0 Å². The molecule has 1 saturated heterocycles. The summed E-state index contributed by atoms with van der Waals surface area (Å²) in [4.78, 5) is 2.09. The van der Waals surface area contributed by atoms with Crippen molar-refractivity contribution in [3.8, 4) is 11.3 Å². The number of aliphatic hydroxyl groups is 1. The molecule has 1 aromatic carbocycles. The summed E-state index contributed by atoms with van der Waals surface area (Å²) in [5.74, 6) is 0. The van der Waals surface area contributed by atoms with Gasteiger partial charge in [0.2, 0.25) is 0 Å². The van der Waals surface area contributed by atoms with Gasteiger partial charge in [-0.05, 0) is 31.0 Å². The van der Waals surface area contributed by atoms with Gasteiger partial charge in [0.25, 0.3) is 0 Å². The molecule has 1 aliphatic heterocycles. The zero-order valence-electron chi connectivity index (χ0n) is 12.9. The maximum atomic E-state index is 14.4. The number of aliphatic hydroxyl groups excluding tert-OH is 1. The van der Waals surface area contributed by atoms with Crippen molar-refractivity contribution in [1.29, 1.82) is 0 Å². The Kier molecular flexibility index (Phi) is 4.27. The van der Waals surface area contributed by atoms with Gasteiger partial charge in [-0.3, -0.25) is 9.58 Å². The number of aromatic nitrogens is 2. The van der Waals surface area contributed by atoms with E-state index in [-0.39, 0.29) is 0 Å². The third-order valence-electron chi connectivity index (χ3n) is 4.40. The fraction of sp³-hybridized carbons (Fsp3) is 0.471. The zero-order chi connectivity index (χ0) is 15.6. The Bertz CT molecular complexity index is 642. The van der Waals surface area contributed by atoms with Gasteiger partial charge in [-0.15, -0.1) is 0 Å². The van der Waals surface area contributed by atoms with E-state index in [0.717, 1.165) is 29.8 Å². The molecule has 0 spiro atoms. The van der Waals surface area contributed by atoms with Gasteiger partial charge in [-0.25, -0.2) is 4.39 Å². The molecule has 22 heavy (non-hydrogen) atoms. The molecule has 0 aliphatic carbocycles. The topological polar surface area (TPSA) is 41.3 Å². The highest BCUT2D eigenvalue weighted by molar-refractivity contribution is 5.63. The number of hydrogen-bond donors (Lipinski definition) is 1. The van der Waals surface area contributed by atoms with E-state index < -0.39 is 12.3 Å². The second-order valence-corrected chi connectivity index (χ2v) is 6.12. The number of likely N-dealkylation sites (tertiary alicyclic amines) is 1. The number of benzene rings is 1. The first-order valence-electron chi connectivity index (χ1n) is 7.70. The van der Waals surface area contributed by atoms with E-state index >= 15 is 0 Å². The van der Waals surface area contributed by atoms with Gasteiger partial charge in [-0.2, -0.15) is 5.10 Å². The monoisotopic (exact) mass is 303 g/mol. The number of rotatable bonds is 4. The van der Waals surface area contributed by atoms with Crippen LogP contribution in [0.4, 0.5) is 4.39 Å². The van der Waals surface area contributed by atoms with Crippen LogP contribution in [0, 0.1) is 0 Å². The second-order valence-electron chi connectivity index (χ2n) is 6.12. The zero-order valence-corrected chi connectivity index (χ0v) is 12.9. The quantitative estimate of drug-likeness (QED) is 0.943. The Hall–Kier alpha value is -1.72. The molecule has 1 N–H and O–H groups in total. The Morgan fingerprint density at radius 3 is 2.86 bits per heavy atom. The van der Waals surface area contributed by atoms with Gasteiger partial charge in [0.05, 0.1) is 12.3 Å². The molecule has 4 nitrogen and oxygen atoms in total. The molecule has 0 radical (unpaired) electrons. The molecular formula is C17H22FN3O. The average Bonchev–Trinajstić information content (AvgIpc) is 2.94. The molecule has 1 aromatic heterocycles. The molecule has 1 fully saturated rings. The minimum Gasteiger partial charge on any atom is -0.393 e. The van der Waals surface area contributed by atoms with Crippen LogP contribution in [-0.2, 0) is 13.6 Å². The van der Waals surface area contributed by atoms with E-state index in [2.05, 4.69) is 22.1 Å². The smallest absolute Gasteiger partial charge is 0.146 e. The third-order valence-corrected chi connectivity index (χ3v) is 4.40. The number of halogens is 1. The number of piperidine rings is 1. The van der Waals surface area contributed by atoms with Crippen LogP contribution >= 0.6 is 0 Å². The van der Waals surface area contributed by atoms with Crippen LogP contribution in [-0.4, -0.2) is 45.2 Å². The Morgan fingerprint density at radius 1 is 1.32 bits per heavy atom. The summed E-state index contributed by atoms with van der Waals surface area (Å²) in [5.41, 5.74) is 1.89. The molecule has 5 heteroatoms. The van der Waals surface area contributed by atoms with Gasteiger partial charge in [0.15, 0.2) is 0 Å². The van der Waals surface area contributed by atoms with Crippen LogP contribution in [0.1, 0.15) is 18.4 Å². The first kappa shape index (κ1) is 15.2. The summed E-state index contributed by atoms with van der Waals surface area (Å²) in [6.07, 6.45) is 3.01. The van der Waals surface area contributed by atoms with Crippen molar-refractivity contribution in [3.05, 3.63) is 42.1 Å². The van der Waals surface area contributed by atoms with Gasteiger partial charge in [0, 0.05) is 31.9 Å². The van der Waals surface area contributed by atoms with Crippen molar-refractivity contribution >= 4 is 0 Å². The minimum absolute atomic E-state index is 0.295. The largest absolute Gasteiger partial charge is 0.393 e. The van der Waals surface area contributed by atoms with Crippen molar-refractivity contribution in [2.24, 2.45) is 7.05 Å². The van der Waals surface area contributed by atoms with Crippen molar-refractivity contribution in [1.82, 2.24) is 14.7 Å². The van der Waals surface area contributed by atoms with E-state index in [9.17, 15) is 9.50 Å². The maximum Gasteiger partial charge on any atom is 0.146 e. The number of alkyl halides is 1. The molecule has 118 valence electrons. The fourth-order valence-electron chi connectivity index (χ4n) is 3.23. The fourth-order valence-corrected chi connectivity index (χ4v) is 3.23. The van der Waals surface area contributed by atoms with Gasteiger partial charge < -0.3 is 5.11 Å². The van der Waals surface area contributed by atoms with Gasteiger partial charge in [0.1, 0.15) is 5.67 Å². The van der Waals surface area contributed by atoms with E-state index in [1.165, 1.54) is 0 Å². The highest BCUT2D eigenvalue weighted by Gasteiger charge is 2.34. The van der Waals surface area contributed by atoms with E-state index in [1.807, 2.05) is 29.9 Å². The molecule has 1 aliphatic rings. The van der Waals surface area contributed by atoms with E-state index in [0.29, 0.717) is 19.5 Å². The predicted octanol–water partition coefficient (Wildman–Crippen LogP) is 2.38. The Morgan fingerprint density at radius 2 is 2.14 bits per heavy atom. The lowest BCUT2D eigenvalue weighted by molar-refractivity contribution is -0.00380. The molecular weight excluding hydrogens is 281 g/mol. The van der Waals surface area contributed by atoms with E-state index in [4.69, 9.17) is 0 Å². The lowest BCUT2D eigenvalue weighted by Gasteiger charge is -2.36. The first-order chi connectivity index (χ1) is 10.6. The van der Waals surface area contributed by atoms with Crippen LogP contribution < -0.4 is 0 Å². The summed E-state index contributed by atoms with van der Waals surface area (Å²) < 4.78 is 16.2. The maximum absolute atomic E-state index is 14.4. The van der Waals surface area contributed by atoms with Crippen LogP contribution in [0.25, 0.3) is 11.3 Å². The van der Waals surface area contributed by atoms with Gasteiger partial charge in [-0.1, -0.05) is 24.3 Å². The van der Waals surface area contributed by atoms with Crippen molar-refractivity contribution in [2.45, 2.75) is 25.1 Å². The summed E-state index contributed by atoms with van der Waals surface area (Å²) in [7, 11) is 1.92. The molecule has 2 aromatic rings. The van der Waals surface area contributed by atoms with Crippen molar-refractivity contribution < 1.29 is 9.50 Å².